The molecule has 0 spiro atoms. The number of nitrogens with one attached hydrogen (secondary N) is 1. The number of rotatable bonds is 3. The van der Waals surface area contributed by atoms with Crippen LogP contribution in [0.25, 0.3) is 0 Å². The van der Waals surface area contributed by atoms with Gasteiger partial charge in [0.25, 0.3) is 0 Å². The van der Waals surface area contributed by atoms with E-state index >= 15 is 0 Å². The van der Waals surface area contributed by atoms with E-state index in [2.05, 4.69) is 24.1 Å². The monoisotopic (exact) mass is 222 g/mol. The van der Waals surface area contributed by atoms with Gasteiger partial charge in [-0.15, -0.1) is 0 Å². The number of hydrogen-bond donors (Lipinski definition) is 1. The maximum atomic E-state index is 5.83. The lowest BCUT2D eigenvalue weighted by Gasteiger charge is -2.21. The molecule has 1 aromatic rings. The maximum Gasteiger partial charge on any atom is 0.196 e. The summed E-state index contributed by atoms with van der Waals surface area (Å²) in [5, 5.41) is 3.53. The normalized spacial score (nSPS) is 21.6. The number of hydrogen-bond acceptors (Lipinski definition) is 3. The first-order valence-corrected chi connectivity index (χ1v) is 6.36. The van der Waals surface area contributed by atoms with Crippen molar-refractivity contribution in [1.29, 1.82) is 0 Å². The summed E-state index contributed by atoms with van der Waals surface area (Å²) in [5.74, 6) is 2.38. The van der Waals surface area contributed by atoms with Gasteiger partial charge in [0.1, 0.15) is 5.76 Å². The molecule has 90 valence electrons. The fourth-order valence-corrected chi connectivity index (χ4v) is 2.40. The van der Waals surface area contributed by atoms with E-state index in [0.717, 1.165) is 30.3 Å². The molecule has 16 heavy (non-hydrogen) atoms. The Morgan fingerprint density at radius 2 is 2.25 bits per heavy atom. The molecule has 1 saturated heterocycles. The molecule has 1 N–H and O–H groups in total. The van der Waals surface area contributed by atoms with Crippen molar-refractivity contribution in [3.05, 3.63) is 17.3 Å². The third kappa shape index (κ3) is 2.64. The molecular formula is C13H22N2O. The minimum absolute atomic E-state index is 0.431. The summed E-state index contributed by atoms with van der Waals surface area (Å²) in [6, 6.07) is 0.562. The lowest BCUT2D eigenvalue weighted by molar-refractivity contribution is 0.357. The first kappa shape index (κ1) is 11.6. The molecule has 3 heteroatoms. The smallest absolute Gasteiger partial charge is 0.196 e. The molecular weight excluding hydrogens is 200 g/mol. The zero-order valence-corrected chi connectivity index (χ0v) is 10.5. The van der Waals surface area contributed by atoms with Gasteiger partial charge in [-0.1, -0.05) is 20.3 Å². The van der Waals surface area contributed by atoms with Gasteiger partial charge < -0.3 is 9.73 Å². The predicted octanol–water partition coefficient (Wildman–Crippen LogP) is 2.79. The van der Waals surface area contributed by atoms with Crippen molar-refractivity contribution in [1.82, 2.24) is 10.3 Å². The Bertz CT molecular complexity index is 338. The first-order chi connectivity index (χ1) is 7.66. The fraction of sp³-hybridized carbons (Fsp3) is 0.769. The number of nitrogens with zero attached hydrogens (tertiary/aromatic N) is 1. The molecule has 1 aromatic heterocycles. The highest BCUT2D eigenvalue weighted by Gasteiger charge is 2.18. The summed E-state index contributed by atoms with van der Waals surface area (Å²) in [5.41, 5.74) is 1.06. The van der Waals surface area contributed by atoms with Gasteiger partial charge in [-0.3, -0.25) is 0 Å². The summed E-state index contributed by atoms with van der Waals surface area (Å²) >= 11 is 0. The Morgan fingerprint density at radius 3 is 2.81 bits per heavy atom. The standard InChI is InChI=1S/C13H22N2O/c1-9(2)13-10(3)15-12(16-13)8-11-6-4-5-7-14-11/h9,11,14H,4-8H2,1-3H3. The van der Waals surface area contributed by atoms with Gasteiger partial charge >= 0.3 is 0 Å². The Kier molecular flexibility index (Phi) is 3.64. The Morgan fingerprint density at radius 1 is 1.44 bits per heavy atom. The summed E-state index contributed by atoms with van der Waals surface area (Å²) in [4.78, 5) is 4.52. The van der Waals surface area contributed by atoms with Gasteiger partial charge in [0.2, 0.25) is 0 Å². The molecule has 1 atom stereocenters. The van der Waals surface area contributed by atoms with Crippen molar-refractivity contribution >= 4 is 0 Å². The molecule has 0 amide bonds. The number of aromatic nitrogens is 1. The van der Waals surface area contributed by atoms with Crippen LogP contribution in [-0.4, -0.2) is 17.6 Å². The van der Waals surface area contributed by atoms with Gasteiger partial charge in [-0.05, 0) is 26.3 Å². The lowest BCUT2D eigenvalue weighted by Crippen LogP contribution is -2.35. The van der Waals surface area contributed by atoms with E-state index in [1.54, 1.807) is 0 Å². The van der Waals surface area contributed by atoms with E-state index in [-0.39, 0.29) is 0 Å². The highest BCUT2D eigenvalue weighted by molar-refractivity contribution is 5.12. The van der Waals surface area contributed by atoms with Gasteiger partial charge in [-0.2, -0.15) is 0 Å². The van der Waals surface area contributed by atoms with E-state index in [1.165, 1.54) is 19.3 Å². The number of piperidine rings is 1. The van der Waals surface area contributed by atoms with Crippen molar-refractivity contribution in [2.24, 2.45) is 0 Å². The Balaban J connectivity index is 2.01. The van der Waals surface area contributed by atoms with Crippen LogP contribution < -0.4 is 5.32 Å². The van der Waals surface area contributed by atoms with Crippen LogP contribution in [0, 0.1) is 6.92 Å². The third-order valence-electron chi connectivity index (χ3n) is 3.23. The molecule has 0 radical (unpaired) electrons. The van der Waals surface area contributed by atoms with Crippen molar-refractivity contribution in [2.75, 3.05) is 6.54 Å². The topological polar surface area (TPSA) is 38.1 Å². The van der Waals surface area contributed by atoms with Crippen molar-refractivity contribution in [2.45, 2.75) is 58.4 Å². The first-order valence-electron chi connectivity index (χ1n) is 6.36. The summed E-state index contributed by atoms with van der Waals surface area (Å²) in [6.45, 7) is 7.48. The summed E-state index contributed by atoms with van der Waals surface area (Å²) in [7, 11) is 0. The highest BCUT2D eigenvalue weighted by atomic mass is 16.4. The van der Waals surface area contributed by atoms with E-state index in [4.69, 9.17) is 4.42 Å². The number of aryl methyl sites for hydroxylation is 1. The molecule has 0 bridgehead atoms. The maximum absolute atomic E-state index is 5.83. The van der Waals surface area contributed by atoms with Gasteiger partial charge in [-0.25, -0.2) is 4.98 Å². The van der Waals surface area contributed by atoms with Crippen LogP contribution in [0.2, 0.25) is 0 Å². The second kappa shape index (κ2) is 5.00. The molecule has 1 unspecified atom stereocenters. The van der Waals surface area contributed by atoms with Crippen LogP contribution in [0.1, 0.15) is 56.4 Å². The second-order valence-corrected chi connectivity index (χ2v) is 5.06. The van der Waals surface area contributed by atoms with Crippen LogP contribution >= 0.6 is 0 Å². The van der Waals surface area contributed by atoms with Crippen molar-refractivity contribution < 1.29 is 4.42 Å². The SMILES string of the molecule is Cc1nc(CC2CCCCN2)oc1C(C)C. The zero-order chi connectivity index (χ0) is 11.5. The number of oxazole rings is 1. The molecule has 3 nitrogen and oxygen atoms in total. The highest BCUT2D eigenvalue weighted by Crippen LogP contribution is 2.21. The van der Waals surface area contributed by atoms with Gasteiger partial charge in [0.15, 0.2) is 5.89 Å². The van der Waals surface area contributed by atoms with E-state index < -0.39 is 0 Å². The van der Waals surface area contributed by atoms with Crippen LogP contribution in [0.3, 0.4) is 0 Å². The average molecular weight is 222 g/mol. The second-order valence-electron chi connectivity index (χ2n) is 5.06. The van der Waals surface area contributed by atoms with Crippen LogP contribution in [0.4, 0.5) is 0 Å². The minimum atomic E-state index is 0.431. The molecule has 2 rings (SSSR count). The molecule has 1 aliphatic heterocycles. The van der Waals surface area contributed by atoms with Crippen molar-refractivity contribution in [3.63, 3.8) is 0 Å². The third-order valence-corrected chi connectivity index (χ3v) is 3.23. The average Bonchev–Trinajstić information content (AvgIpc) is 2.61. The Hall–Kier alpha value is -0.830. The van der Waals surface area contributed by atoms with E-state index in [0.29, 0.717) is 12.0 Å². The quantitative estimate of drug-likeness (QED) is 0.854. The molecule has 1 aliphatic rings. The lowest BCUT2D eigenvalue weighted by atomic mass is 10.0. The molecule has 0 aromatic carbocycles. The van der Waals surface area contributed by atoms with Gasteiger partial charge in [0, 0.05) is 18.4 Å². The van der Waals surface area contributed by atoms with Crippen LogP contribution in [0.5, 0.6) is 0 Å². The Labute approximate surface area is 97.6 Å². The largest absolute Gasteiger partial charge is 0.445 e. The van der Waals surface area contributed by atoms with Crippen LogP contribution in [-0.2, 0) is 6.42 Å². The molecule has 0 aliphatic carbocycles. The van der Waals surface area contributed by atoms with E-state index in [9.17, 15) is 0 Å². The fourth-order valence-electron chi connectivity index (χ4n) is 2.40. The summed E-state index contributed by atoms with van der Waals surface area (Å²) in [6.07, 6.45) is 4.82. The van der Waals surface area contributed by atoms with Crippen LogP contribution in [0.15, 0.2) is 4.42 Å². The molecule has 1 fully saturated rings. The predicted molar refractivity (Wildman–Crippen MR) is 64.7 cm³/mol. The summed E-state index contributed by atoms with van der Waals surface area (Å²) < 4.78 is 5.83. The van der Waals surface area contributed by atoms with Crippen molar-refractivity contribution in [3.8, 4) is 0 Å². The molecule has 2 heterocycles. The zero-order valence-electron chi connectivity index (χ0n) is 10.5. The minimum Gasteiger partial charge on any atom is -0.445 e. The van der Waals surface area contributed by atoms with Gasteiger partial charge in [0.05, 0.1) is 5.69 Å². The molecule has 0 saturated carbocycles. The van der Waals surface area contributed by atoms with E-state index in [1.807, 2.05) is 6.92 Å².